The molecule has 1 fully saturated rings. The highest BCUT2D eigenvalue weighted by atomic mass is 19.1. The maximum Gasteiger partial charge on any atom is 0.309 e. The summed E-state index contributed by atoms with van der Waals surface area (Å²) in [6.45, 7) is 2.54. The molecule has 0 aromatic carbocycles. The minimum atomic E-state index is -1.05. The molecule has 1 saturated heterocycles. The highest BCUT2D eigenvalue weighted by Gasteiger charge is 2.29. The number of hydrogen-bond donors (Lipinski definition) is 1. The molecule has 0 aliphatic carbocycles. The second kappa shape index (κ2) is 4.17. The fraction of sp³-hybridized carbons (Fsp3) is 0.667. The maximum atomic E-state index is 13.6. The van der Waals surface area contributed by atoms with Gasteiger partial charge in [0.2, 0.25) is 0 Å². The molecule has 88 valence electrons. The normalized spacial score (nSPS) is 25.6. The molecule has 6 nitrogen and oxygen atoms in total. The summed E-state index contributed by atoms with van der Waals surface area (Å²) >= 11 is 0. The first-order valence-electron chi connectivity index (χ1n) is 5.14. The molecule has 16 heavy (non-hydrogen) atoms. The Morgan fingerprint density at radius 2 is 2.50 bits per heavy atom. The molecular formula is C9H13FN4O2. The number of alkyl halides is 1. The number of piperidine rings is 1. The van der Waals surface area contributed by atoms with E-state index in [-0.39, 0.29) is 12.2 Å². The zero-order valence-electron chi connectivity index (χ0n) is 8.89. The second-order valence-electron chi connectivity index (χ2n) is 3.91. The molecule has 2 unspecified atom stereocenters. The zero-order chi connectivity index (χ0) is 11.7. The third-order valence-electron chi connectivity index (χ3n) is 2.80. The minimum absolute atomic E-state index is 0.0502. The summed E-state index contributed by atoms with van der Waals surface area (Å²) in [5.74, 6) is 0. The molecule has 2 atom stereocenters. The first kappa shape index (κ1) is 11.0. The lowest BCUT2D eigenvalue weighted by Gasteiger charge is -2.26. The van der Waals surface area contributed by atoms with Gasteiger partial charge in [-0.05, 0) is 19.9 Å². The molecule has 1 N–H and O–H groups in total. The number of nitro groups is 1. The van der Waals surface area contributed by atoms with Crippen molar-refractivity contribution in [3.05, 3.63) is 22.0 Å². The van der Waals surface area contributed by atoms with E-state index in [0.29, 0.717) is 18.7 Å². The van der Waals surface area contributed by atoms with Crippen LogP contribution < -0.4 is 5.32 Å². The molecule has 0 amide bonds. The van der Waals surface area contributed by atoms with Crippen molar-refractivity contribution >= 4 is 5.69 Å². The fourth-order valence-electron chi connectivity index (χ4n) is 1.93. The fourth-order valence-corrected chi connectivity index (χ4v) is 1.93. The van der Waals surface area contributed by atoms with Gasteiger partial charge in [-0.2, -0.15) is 5.10 Å². The molecule has 0 saturated carbocycles. The standard InChI is InChI=1S/C9H13FN4O2/c1-6-9(14(15)16)5-13(12-6)8-2-3-11-4-7(8)10/h5,7-8,11H,2-4H2,1H3. The summed E-state index contributed by atoms with van der Waals surface area (Å²) in [6.07, 6.45) is 0.866. The molecule has 7 heteroatoms. The van der Waals surface area contributed by atoms with Crippen LogP contribution in [0, 0.1) is 17.0 Å². The predicted octanol–water partition coefficient (Wildman–Crippen LogP) is 0.972. The van der Waals surface area contributed by atoms with Gasteiger partial charge in [0.05, 0.1) is 11.0 Å². The van der Waals surface area contributed by atoms with E-state index in [2.05, 4.69) is 10.4 Å². The highest BCUT2D eigenvalue weighted by molar-refractivity contribution is 5.31. The lowest BCUT2D eigenvalue weighted by molar-refractivity contribution is -0.385. The molecule has 1 aromatic heterocycles. The molecule has 1 aromatic rings. The average molecular weight is 228 g/mol. The van der Waals surface area contributed by atoms with Gasteiger partial charge in [0.1, 0.15) is 18.1 Å². The van der Waals surface area contributed by atoms with Gasteiger partial charge < -0.3 is 5.32 Å². The SMILES string of the molecule is Cc1nn(C2CCNCC2F)cc1[N+](=O)[O-]. The van der Waals surface area contributed by atoms with Crippen molar-refractivity contribution in [3.63, 3.8) is 0 Å². The summed E-state index contributed by atoms with van der Waals surface area (Å²) in [4.78, 5) is 10.2. The van der Waals surface area contributed by atoms with Gasteiger partial charge in [-0.3, -0.25) is 14.8 Å². The molecule has 1 aliphatic rings. The van der Waals surface area contributed by atoms with Crippen molar-refractivity contribution < 1.29 is 9.31 Å². The van der Waals surface area contributed by atoms with E-state index in [0.717, 1.165) is 0 Å². The van der Waals surface area contributed by atoms with Crippen LogP contribution in [0.1, 0.15) is 18.2 Å². The zero-order valence-corrected chi connectivity index (χ0v) is 8.89. The average Bonchev–Trinajstić information content (AvgIpc) is 2.61. The Bertz CT molecular complexity index is 406. The largest absolute Gasteiger partial charge is 0.314 e. The predicted molar refractivity (Wildman–Crippen MR) is 55.0 cm³/mol. The van der Waals surface area contributed by atoms with Crippen LogP contribution >= 0.6 is 0 Å². The van der Waals surface area contributed by atoms with Crippen molar-refractivity contribution in [1.82, 2.24) is 15.1 Å². The van der Waals surface area contributed by atoms with Gasteiger partial charge in [0, 0.05) is 6.54 Å². The van der Waals surface area contributed by atoms with Crippen LogP contribution in [0.25, 0.3) is 0 Å². The third-order valence-corrected chi connectivity index (χ3v) is 2.80. The summed E-state index contributed by atoms with van der Waals surface area (Å²) < 4.78 is 15.0. The summed E-state index contributed by atoms with van der Waals surface area (Å²) in [7, 11) is 0. The van der Waals surface area contributed by atoms with E-state index in [1.54, 1.807) is 6.92 Å². The number of halogens is 1. The van der Waals surface area contributed by atoms with Gasteiger partial charge >= 0.3 is 5.69 Å². The number of hydrogen-bond acceptors (Lipinski definition) is 4. The van der Waals surface area contributed by atoms with Crippen molar-refractivity contribution in [3.8, 4) is 0 Å². The monoisotopic (exact) mass is 228 g/mol. The van der Waals surface area contributed by atoms with E-state index in [1.165, 1.54) is 10.9 Å². The number of nitrogens with one attached hydrogen (secondary N) is 1. The van der Waals surface area contributed by atoms with Crippen molar-refractivity contribution in [1.29, 1.82) is 0 Å². The number of aromatic nitrogens is 2. The Hall–Kier alpha value is -1.50. The molecule has 2 heterocycles. The summed E-state index contributed by atoms with van der Waals surface area (Å²) in [6, 6.07) is -0.395. The molecule has 0 radical (unpaired) electrons. The van der Waals surface area contributed by atoms with E-state index in [1.807, 2.05) is 0 Å². The van der Waals surface area contributed by atoms with Gasteiger partial charge in [0.25, 0.3) is 0 Å². The van der Waals surface area contributed by atoms with E-state index in [9.17, 15) is 14.5 Å². The highest BCUT2D eigenvalue weighted by Crippen LogP contribution is 2.25. The van der Waals surface area contributed by atoms with Crippen LogP contribution in [-0.4, -0.2) is 34.0 Å². The molecule has 0 spiro atoms. The van der Waals surface area contributed by atoms with Gasteiger partial charge in [0.15, 0.2) is 0 Å². The van der Waals surface area contributed by atoms with Crippen LogP contribution in [0.4, 0.5) is 10.1 Å². The van der Waals surface area contributed by atoms with E-state index >= 15 is 0 Å². The lowest BCUT2D eigenvalue weighted by Crippen LogP contribution is -2.39. The first-order valence-corrected chi connectivity index (χ1v) is 5.14. The Labute approximate surface area is 91.6 Å². The lowest BCUT2D eigenvalue weighted by atomic mass is 10.1. The van der Waals surface area contributed by atoms with Crippen LogP contribution in [0.2, 0.25) is 0 Å². The third kappa shape index (κ3) is 1.90. The van der Waals surface area contributed by atoms with E-state index < -0.39 is 17.1 Å². The van der Waals surface area contributed by atoms with Gasteiger partial charge in [-0.25, -0.2) is 4.39 Å². The van der Waals surface area contributed by atoms with Crippen molar-refractivity contribution in [2.45, 2.75) is 25.6 Å². The van der Waals surface area contributed by atoms with Crippen molar-refractivity contribution in [2.24, 2.45) is 0 Å². The van der Waals surface area contributed by atoms with Gasteiger partial charge in [-0.15, -0.1) is 0 Å². The van der Waals surface area contributed by atoms with Crippen LogP contribution in [0.5, 0.6) is 0 Å². The van der Waals surface area contributed by atoms with Crippen LogP contribution in [0.3, 0.4) is 0 Å². The summed E-state index contributed by atoms with van der Waals surface area (Å²) in [5.41, 5.74) is 0.279. The number of aryl methyl sites for hydroxylation is 1. The van der Waals surface area contributed by atoms with Crippen LogP contribution in [0.15, 0.2) is 6.20 Å². The van der Waals surface area contributed by atoms with Crippen LogP contribution in [-0.2, 0) is 0 Å². The second-order valence-corrected chi connectivity index (χ2v) is 3.91. The van der Waals surface area contributed by atoms with E-state index in [4.69, 9.17) is 0 Å². The quantitative estimate of drug-likeness (QED) is 0.604. The van der Waals surface area contributed by atoms with Crippen molar-refractivity contribution in [2.75, 3.05) is 13.1 Å². The Morgan fingerprint density at radius 3 is 3.06 bits per heavy atom. The van der Waals surface area contributed by atoms with Gasteiger partial charge in [-0.1, -0.05) is 0 Å². The number of nitrogens with zero attached hydrogens (tertiary/aromatic N) is 3. The number of rotatable bonds is 2. The topological polar surface area (TPSA) is 73.0 Å². The molecule has 1 aliphatic heterocycles. The molecule has 2 rings (SSSR count). The summed E-state index contributed by atoms with van der Waals surface area (Å²) in [5, 5.41) is 17.6. The Morgan fingerprint density at radius 1 is 1.75 bits per heavy atom. The molecule has 0 bridgehead atoms. The Balaban J connectivity index is 2.26. The smallest absolute Gasteiger partial charge is 0.309 e. The molecular weight excluding hydrogens is 215 g/mol. The minimum Gasteiger partial charge on any atom is -0.314 e. The Kier molecular flexibility index (Phi) is 2.86. The first-order chi connectivity index (χ1) is 7.59. The maximum absolute atomic E-state index is 13.6.